The van der Waals surface area contributed by atoms with Crippen molar-refractivity contribution in [2.45, 2.75) is 31.0 Å². The molecule has 2 rings (SSSR count). The van der Waals surface area contributed by atoms with Gasteiger partial charge in [0.1, 0.15) is 0 Å². The second-order valence-electron chi connectivity index (χ2n) is 4.68. The molecule has 1 heterocycles. The Morgan fingerprint density at radius 2 is 2.05 bits per heavy atom. The Morgan fingerprint density at radius 3 is 2.67 bits per heavy atom. The van der Waals surface area contributed by atoms with Crippen LogP contribution in [-0.2, 0) is 11.9 Å². The van der Waals surface area contributed by atoms with Gasteiger partial charge in [-0.25, -0.2) is 0 Å². The molecule has 0 aliphatic rings. The van der Waals surface area contributed by atoms with Gasteiger partial charge < -0.3 is 10.3 Å². The van der Waals surface area contributed by atoms with Crippen molar-refractivity contribution < 1.29 is 17.7 Å². The van der Waals surface area contributed by atoms with Crippen molar-refractivity contribution in [3.8, 4) is 11.5 Å². The van der Waals surface area contributed by atoms with Gasteiger partial charge in [0, 0.05) is 5.69 Å². The molecule has 0 saturated carbocycles. The van der Waals surface area contributed by atoms with Crippen LogP contribution in [0.25, 0.3) is 11.5 Å². The number of nitrogens with zero attached hydrogens (tertiary/aromatic N) is 2. The van der Waals surface area contributed by atoms with E-state index in [4.69, 9.17) is 10.3 Å². The number of alkyl halides is 3. The lowest BCUT2D eigenvalue weighted by molar-refractivity contribution is -0.137. The van der Waals surface area contributed by atoms with Gasteiger partial charge in [-0.05, 0) is 23.4 Å². The maximum Gasteiger partial charge on any atom is 0.416 e. The van der Waals surface area contributed by atoms with Crippen LogP contribution >= 0.6 is 11.8 Å². The minimum atomic E-state index is -4.45. The van der Waals surface area contributed by atoms with Crippen LogP contribution in [0.4, 0.5) is 18.9 Å². The minimum Gasteiger partial charge on any atom is -0.398 e. The molecule has 0 bridgehead atoms. The Hall–Kier alpha value is -1.70. The topological polar surface area (TPSA) is 64.9 Å². The van der Waals surface area contributed by atoms with Crippen LogP contribution in [0.3, 0.4) is 0 Å². The molecular formula is C13H14F3N3OS. The molecule has 21 heavy (non-hydrogen) atoms. The third-order valence-electron chi connectivity index (χ3n) is 2.62. The van der Waals surface area contributed by atoms with Crippen LogP contribution in [0.5, 0.6) is 0 Å². The third kappa shape index (κ3) is 3.90. The molecule has 4 nitrogen and oxygen atoms in total. The fourth-order valence-corrected chi connectivity index (χ4v) is 2.18. The van der Waals surface area contributed by atoms with E-state index in [1.54, 1.807) is 11.8 Å². The molecular weight excluding hydrogens is 303 g/mol. The number of anilines is 1. The van der Waals surface area contributed by atoms with Crippen molar-refractivity contribution in [1.29, 1.82) is 0 Å². The highest BCUT2D eigenvalue weighted by Gasteiger charge is 2.31. The SMILES string of the molecule is CC(C)SCc1noc(-c2cc(C(F)(F)F)ccc2N)n1. The van der Waals surface area contributed by atoms with Crippen molar-refractivity contribution in [2.24, 2.45) is 0 Å². The van der Waals surface area contributed by atoms with E-state index < -0.39 is 11.7 Å². The van der Waals surface area contributed by atoms with Gasteiger partial charge in [0.05, 0.1) is 16.9 Å². The average molecular weight is 317 g/mol. The fraction of sp³-hybridized carbons (Fsp3) is 0.385. The van der Waals surface area contributed by atoms with E-state index in [-0.39, 0.29) is 17.1 Å². The van der Waals surface area contributed by atoms with E-state index in [9.17, 15) is 13.2 Å². The third-order valence-corrected chi connectivity index (χ3v) is 3.72. The lowest BCUT2D eigenvalue weighted by atomic mass is 10.1. The van der Waals surface area contributed by atoms with E-state index >= 15 is 0 Å². The van der Waals surface area contributed by atoms with Crippen molar-refractivity contribution in [2.75, 3.05) is 5.73 Å². The predicted octanol–water partition coefficient (Wildman–Crippen LogP) is 3.98. The quantitative estimate of drug-likeness (QED) is 0.864. The van der Waals surface area contributed by atoms with Crippen LogP contribution in [0.2, 0.25) is 0 Å². The molecule has 0 unspecified atom stereocenters. The van der Waals surface area contributed by atoms with Gasteiger partial charge in [0.15, 0.2) is 5.82 Å². The Balaban J connectivity index is 2.29. The minimum absolute atomic E-state index is 0.00189. The standard InChI is InChI=1S/C13H14F3N3OS/c1-7(2)21-6-11-18-12(20-19-11)9-5-8(13(14,15)16)3-4-10(9)17/h3-5,7H,6,17H2,1-2H3. The monoisotopic (exact) mass is 317 g/mol. The first kappa shape index (κ1) is 15.7. The van der Waals surface area contributed by atoms with Gasteiger partial charge in [-0.2, -0.15) is 29.9 Å². The number of hydrogen-bond acceptors (Lipinski definition) is 5. The highest BCUT2D eigenvalue weighted by Crippen LogP contribution is 2.34. The highest BCUT2D eigenvalue weighted by molar-refractivity contribution is 7.99. The summed E-state index contributed by atoms with van der Waals surface area (Å²) in [6.45, 7) is 4.05. The average Bonchev–Trinajstić information content (AvgIpc) is 2.84. The lowest BCUT2D eigenvalue weighted by Gasteiger charge is -2.08. The van der Waals surface area contributed by atoms with Gasteiger partial charge in [-0.1, -0.05) is 19.0 Å². The maximum atomic E-state index is 12.7. The van der Waals surface area contributed by atoms with Gasteiger partial charge >= 0.3 is 6.18 Å². The van der Waals surface area contributed by atoms with Gasteiger partial charge in [0.2, 0.25) is 0 Å². The molecule has 1 aromatic heterocycles. The number of benzene rings is 1. The van der Waals surface area contributed by atoms with E-state index in [2.05, 4.69) is 10.1 Å². The molecule has 0 aliphatic carbocycles. The number of aromatic nitrogens is 2. The Bertz CT molecular complexity index is 625. The number of hydrogen-bond donors (Lipinski definition) is 1. The fourth-order valence-electron chi connectivity index (χ4n) is 1.58. The number of nitrogens with two attached hydrogens (primary N) is 1. The molecule has 0 radical (unpaired) electrons. The van der Waals surface area contributed by atoms with E-state index in [1.165, 1.54) is 6.07 Å². The molecule has 0 aliphatic heterocycles. The first-order valence-corrected chi connectivity index (χ1v) is 7.23. The smallest absolute Gasteiger partial charge is 0.398 e. The Labute approximate surface area is 123 Å². The molecule has 8 heteroatoms. The summed E-state index contributed by atoms with van der Waals surface area (Å²) in [5.41, 5.74) is 5.15. The summed E-state index contributed by atoms with van der Waals surface area (Å²) in [7, 11) is 0. The van der Waals surface area contributed by atoms with Crippen LogP contribution in [-0.4, -0.2) is 15.4 Å². The first-order chi connectivity index (χ1) is 9.77. The van der Waals surface area contributed by atoms with Crippen LogP contribution in [0.15, 0.2) is 22.7 Å². The summed E-state index contributed by atoms with van der Waals surface area (Å²) in [4.78, 5) is 4.09. The molecule has 0 spiro atoms. The highest BCUT2D eigenvalue weighted by atomic mass is 32.2. The maximum absolute atomic E-state index is 12.7. The summed E-state index contributed by atoms with van der Waals surface area (Å²) in [5, 5.41) is 4.15. The van der Waals surface area contributed by atoms with E-state index in [0.29, 0.717) is 16.8 Å². The van der Waals surface area contributed by atoms with Crippen molar-refractivity contribution >= 4 is 17.4 Å². The Kier molecular flexibility index (Phi) is 4.46. The van der Waals surface area contributed by atoms with Crippen molar-refractivity contribution in [1.82, 2.24) is 10.1 Å². The molecule has 0 atom stereocenters. The largest absolute Gasteiger partial charge is 0.416 e. The molecule has 2 N–H and O–H groups in total. The zero-order chi connectivity index (χ0) is 15.6. The zero-order valence-corrected chi connectivity index (χ0v) is 12.3. The predicted molar refractivity (Wildman–Crippen MR) is 75.6 cm³/mol. The number of thioether (sulfide) groups is 1. The normalized spacial score (nSPS) is 12.1. The first-order valence-electron chi connectivity index (χ1n) is 6.18. The number of halogens is 3. The van der Waals surface area contributed by atoms with Crippen molar-refractivity contribution in [3.63, 3.8) is 0 Å². The molecule has 1 aromatic carbocycles. The molecule has 0 saturated heterocycles. The summed E-state index contributed by atoms with van der Waals surface area (Å²) >= 11 is 1.61. The molecule has 0 amide bonds. The summed E-state index contributed by atoms with van der Waals surface area (Å²) in [5.74, 6) is 0.957. The second-order valence-corrected chi connectivity index (χ2v) is 6.24. The molecule has 2 aromatic rings. The van der Waals surface area contributed by atoms with Gasteiger partial charge in [0.25, 0.3) is 5.89 Å². The van der Waals surface area contributed by atoms with Gasteiger partial charge in [-0.3, -0.25) is 0 Å². The van der Waals surface area contributed by atoms with E-state index in [1.807, 2.05) is 13.8 Å². The Morgan fingerprint density at radius 1 is 1.33 bits per heavy atom. The summed E-state index contributed by atoms with van der Waals surface area (Å²) in [6, 6.07) is 3.03. The second kappa shape index (κ2) is 5.97. The van der Waals surface area contributed by atoms with Crippen molar-refractivity contribution in [3.05, 3.63) is 29.6 Å². The zero-order valence-electron chi connectivity index (χ0n) is 11.4. The van der Waals surface area contributed by atoms with Crippen LogP contribution in [0, 0.1) is 0 Å². The number of rotatable bonds is 4. The van der Waals surface area contributed by atoms with Gasteiger partial charge in [-0.15, -0.1) is 0 Å². The van der Waals surface area contributed by atoms with Crippen LogP contribution in [0.1, 0.15) is 25.2 Å². The lowest BCUT2D eigenvalue weighted by Crippen LogP contribution is -2.05. The van der Waals surface area contributed by atoms with Crippen LogP contribution < -0.4 is 5.73 Å². The molecule has 0 fully saturated rings. The summed E-state index contributed by atoms with van der Waals surface area (Å²) in [6.07, 6.45) is -4.45. The molecule has 114 valence electrons. The summed E-state index contributed by atoms with van der Waals surface area (Å²) < 4.78 is 43.2. The number of nitrogen functional groups attached to an aromatic ring is 1. The van der Waals surface area contributed by atoms with E-state index in [0.717, 1.165) is 12.1 Å².